The van der Waals surface area contributed by atoms with Crippen LogP contribution in [-0.2, 0) is 0 Å². The summed E-state index contributed by atoms with van der Waals surface area (Å²) in [5, 5.41) is 5.66. The number of methoxy groups -OCH3 is 1. The quantitative estimate of drug-likeness (QED) is 0.744. The van der Waals surface area contributed by atoms with Gasteiger partial charge >= 0.3 is 0 Å². The fourth-order valence-corrected chi connectivity index (χ4v) is 3.73. The van der Waals surface area contributed by atoms with Crippen molar-refractivity contribution >= 4 is 34.0 Å². The first kappa shape index (κ1) is 17.6. The molecule has 1 amide bonds. The molecule has 2 aromatic carbocycles. The summed E-state index contributed by atoms with van der Waals surface area (Å²) in [7, 11) is 1.65. The van der Waals surface area contributed by atoms with Crippen LogP contribution >= 0.6 is 11.6 Å². The number of carbonyl (C=O) groups excluding carboxylic acids is 1. The van der Waals surface area contributed by atoms with E-state index in [1.165, 1.54) is 0 Å². The van der Waals surface area contributed by atoms with Crippen LogP contribution in [0, 0.1) is 0 Å². The number of rotatable bonds is 4. The van der Waals surface area contributed by atoms with Crippen molar-refractivity contribution in [3.05, 3.63) is 65.4 Å². The highest BCUT2D eigenvalue weighted by atomic mass is 35.5. The SMILES string of the molecule is COc1ccc(Cl)cc1N1CCC(NC(=O)c2nccc3ccccc23)C1. The summed E-state index contributed by atoms with van der Waals surface area (Å²) >= 11 is 6.15. The van der Waals surface area contributed by atoms with Crippen molar-refractivity contribution in [2.75, 3.05) is 25.1 Å². The molecular weight excluding hydrogens is 362 g/mol. The third kappa shape index (κ3) is 3.55. The molecule has 2 heterocycles. The molecule has 4 rings (SSSR count). The molecule has 0 bridgehead atoms. The van der Waals surface area contributed by atoms with Crippen molar-refractivity contribution in [3.63, 3.8) is 0 Å². The summed E-state index contributed by atoms with van der Waals surface area (Å²) in [4.78, 5) is 19.3. The number of benzene rings is 2. The van der Waals surface area contributed by atoms with Gasteiger partial charge in [0.2, 0.25) is 0 Å². The molecule has 0 radical (unpaired) electrons. The molecule has 5 nitrogen and oxygen atoms in total. The number of halogens is 1. The summed E-state index contributed by atoms with van der Waals surface area (Å²) in [6, 6.07) is 15.3. The number of nitrogens with one attached hydrogen (secondary N) is 1. The van der Waals surface area contributed by atoms with E-state index >= 15 is 0 Å². The van der Waals surface area contributed by atoms with E-state index in [1.54, 1.807) is 13.3 Å². The topological polar surface area (TPSA) is 54.5 Å². The standard InChI is InChI=1S/C21H20ClN3O2/c1-27-19-7-6-15(22)12-18(19)25-11-9-16(13-25)24-21(26)20-17-5-3-2-4-14(17)8-10-23-20/h2-8,10,12,16H,9,11,13H2,1H3,(H,24,26). The normalized spacial score (nSPS) is 16.5. The number of hydrogen-bond acceptors (Lipinski definition) is 4. The second-order valence-electron chi connectivity index (χ2n) is 6.60. The van der Waals surface area contributed by atoms with Crippen molar-refractivity contribution in [2.45, 2.75) is 12.5 Å². The average Bonchev–Trinajstić information content (AvgIpc) is 3.15. The van der Waals surface area contributed by atoms with Crippen LogP contribution in [0.1, 0.15) is 16.9 Å². The molecule has 1 aliphatic rings. The van der Waals surface area contributed by atoms with E-state index in [1.807, 2.05) is 48.5 Å². The van der Waals surface area contributed by atoms with Crippen LogP contribution < -0.4 is 15.0 Å². The van der Waals surface area contributed by atoms with Gasteiger partial charge in [-0.15, -0.1) is 0 Å². The van der Waals surface area contributed by atoms with Gasteiger partial charge in [-0.3, -0.25) is 9.78 Å². The number of anilines is 1. The van der Waals surface area contributed by atoms with Crippen LogP contribution in [0.4, 0.5) is 5.69 Å². The maximum atomic E-state index is 12.8. The number of hydrogen-bond donors (Lipinski definition) is 1. The Bertz CT molecular complexity index is 987. The number of aromatic nitrogens is 1. The molecule has 1 unspecified atom stereocenters. The number of carbonyl (C=O) groups is 1. The molecular formula is C21H20ClN3O2. The molecule has 1 fully saturated rings. The minimum atomic E-state index is -0.142. The highest BCUT2D eigenvalue weighted by Gasteiger charge is 2.27. The number of ether oxygens (including phenoxy) is 1. The van der Waals surface area contributed by atoms with Gasteiger partial charge in [0.1, 0.15) is 11.4 Å². The van der Waals surface area contributed by atoms with Gasteiger partial charge < -0.3 is 15.0 Å². The van der Waals surface area contributed by atoms with E-state index in [0.29, 0.717) is 17.3 Å². The Hall–Kier alpha value is -2.79. The third-order valence-electron chi connectivity index (χ3n) is 4.89. The van der Waals surface area contributed by atoms with Crippen molar-refractivity contribution in [1.29, 1.82) is 0 Å². The Morgan fingerprint density at radius 3 is 2.96 bits per heavy atom. The van der Waals surface area contributed by atoms with E-state index in [4.69, 9.17) is 16.3 Å². The van der Waals surface area contributed by atoms with Crippen LogP contribution in [0.2, 0.25) is 5.02 Å². The summed E-state index contributed by atoms with van der Waals surface area (Å²) in [5.41, 5.74) is 1.41. The number of pyridine rings is 1. The van der Waals surface area contributed by atoms with Crippen molar-refractivity contribution in [2.24, 2.45) is 0 Å². The zero-order chi connectivity index (χ0) is 18.8. The van der Waals surface area contributed by atoms with Gasteiger partial charge in [-0.05, 0) is 36.1 Å². The molecule has 1 atom stereocenters. The second-order valence-corrected chi connectivity index (χ2v) is 7.04. The van der Waals surface area contributed by atoms with E-state index in [9.17, 15) is 4.79 Å². The van der Waals surface area contributed by atoms with Crippen LogP contribution in [0.5, 0.6) is 5.75 Å². The van der Waals surface area contributed by atoms with Crippen molar-refractivity contribution in [1.82, 2.24) is 10.3 Å². The first-order valence-corrected chi connectivity index (χ1v) is 9.26. The zero-order valence-electron chi connectivity index (χ0n) is 15.0. The molecule has 1 aliphatic heterocycles. The Morgan fingerprint density at radius 1 is 1.26 bits per heavy atom. The number of nitrogens with zero attached hydrogens (tertiary/aromatic N) is 2. The Morgan fingerprint density at radius 2 is 2.11 bits per heavy atom. The van der Waals surface area contributed by atoms with Gasteiger partial charge in [0.25, 0.3) is 5.91 Å². The monoisotopic (exact) mass is 381 g/mol. The van der Waals surface area contributed by atoms with E-state index in [0.717, 1.165) is 35.2 Å². The first-order chi connectivity index (χ1) is 13.2. The Balaban J connectivity index is 1.50. The molecule has 0 spiro atoms. The highest BCUT2D eigenvalue weighted by Crippen LogP contribution is 2.33. The summed E-state index contributed by atoms with van der Waals surface area (Å²) in [6.45, 7) is 1.53. The van der Waals surface area contributed by atoms with Gasteiger partial charge in [-0.25, -0.2) is 0 Å². The summed E-state index contributed by atoms with van der Waals surface area (Å²) < 4.78 is 5.45. The molecule has 0 aliphatic carbocycles. The lowest BCUT2D eigenvalue weighted by atomic mass is 10.1. The Kier molecular flexibility index (Phi) is 4.86. The van der Waals surface area contributed by atoms with Gasteiger partial charge in [0.05, 0.1) is 12.8 Å². The largest absolute Gasteiger partial charge is 0.495 e. The van der Waals surface area contributed by atoms with Gasteiger partial charge in [-0.2, -0.15) is 0 Å². The maximum Gasteiger partial charge on any atom is 0.270 e. The number of fused-ring (bicyclic) bond motifs is 1. The van der Waals surface area contributed by atoms with E-state index in [2.05, 4.69) is 15.2 Å². The number of amides is 1. The fourth-order valence-electron chi connectivity index (χ4n) is 3.56. The molecule has 6 heteroatoms. The lowest BCUT2D eigenvalue weighted by molar-refractivity contribution is 0.0937. The summed E-state index contributed by atoms with van der Waals surface area (Å²) in [5.74, 6) is 0.638. The Labute approximate surface area is 162 Å². The van der Waals surface area contributed by atoms with Crippen molar-refractivity contribution in [3.8, 4) is 5.75 Å². The molecule has 1 N–H and O–H groups in total. The van der Waals surface area contributed by atoms with Gasteiger partial charge in [0, 0.05) is 35.7 Å². The predicted octanol–water partition coefficient (Wildman–Crippen LogP) is 3.91. The second kappa shape index (κ2) is 7.45. The smallest absolute Gasteiger partial charge is 0.270 e. The van der Waals surface area contributed by atoms with Crippen LogP contribution in [0.25, 0.3) is 10.8 Å². The highest BCUT2D eigenvalue weighted by molar-refractivity contribution is 6.31. The minimum absolute atomic E-state index is 0.0435. The van der Waals surface area contributed by atoms with Crippen LogP contribution in [-0.4, -0.2) is 37.1 Å². The maximum absolute atomic E-state index is 12.8. The van der Waals surface area contributed by atoms with Crippen LogP contribution in [0.3, 0.4) is 0 Å². The lowest BCUT2D eigenvalue weighted by Crippen LogP contribution is -2.37. The van der Waals surface area contributed by atoms with E-state index < -0.39 is 0 Å². The molecule has 27 heavy (non-hydrogen) atoms. The third-order valence-corrected chi connectivity index (χ3v) is 5.13. The first-order valence-electron chi connectivity index (χ1n) is 8.89. The molecule has 138 valence electrons. The van der Waals surface area contributed by atoms with E-state index in [-0.39, 0.29) is 11.9 Å². The molecule has 0 saturated carbocycles. The fraction of sp³-hybridized carbons (Fsp3) is 0.238. The molecule has 3 aromatic rings. The predicted molar refractivity (Wildman–Crippen MR) is 108 cm³/mol. The van der Waals surface area contributed by atoms with Gasteiger partial charge in [0.15, 0.2) is 0 Å². The van der Waals surface area contributed by atoms with Gasteiger partial charge in [-0.1, -0.05) is 35.9 Å². The van der Waals surface area contributed by atoms with Crippen molar-refractivity contribution < 1.29 is 9.53 Å². The van der Waals surface area contributed by atoms with Crippen LogP contribution in [0.15, 0.2) is 54.7 Å². The average molecular weight is 382 g/mol. The minimum Gasteiger partial charge on any atom is -0.495 e. The molecule has 1 aromatic heterocycles. The zero-order valence-corrected chi connectivity index (χ0v) is 15.7. The summed E-state index contributed by atoms with van der Waals surface area (Å²) in [6.07, 6.45) is 2.53. The molecule has 1 saturated heterocycles. The lowest BCUT2D eigenvalue weighted by Gasteiger charge is -2.21.